The number of hydrogen-bond donors (Lipinski definition) is 1. The normalized spacial score (nSPS) is 12.8. The molecule has 1 aliphatic carbocycles. The molecular formula is C22H17FN2OS. The van der Waals surface area contributed by atoms with Crippen LogP contribution in [0.3, 0.4) is 0 Å². The Morgan fingerprint density at radius 2 is 1.56 bits per heavy atom. The number of rotatable bonds is 5. The van der Waals surface area contributed by atoms with Gasteiger partial charge >= 0.3 is 0 Å². The van der Waals surface area contributed by atoms with E-state index in [9.17, 15) is 9.18 Å². The van der Waals surface area contributed by atoms with Crippen LogP contribution in [0.2, 0.25) is 0 Å². The maximum absolute atomic E-state index is 13.5. The van der Waals surface area contributed by atoms with Gasteiger partial charge in [-0.3, -0.25) is 4.79 Å². The van der Waals surface area contributed by atoms with E-state index in [-0.39, 0.29) is 22.7 Å². The van der Waals surface area contributed by atoms with Gasteiger partial charge in [-0.25, -0.2) is 9.82 Å². The summed E-state index contributed by atoms with van der Waals surface area (Å²) in [6.45, 7) is 0. The minimum absolute atomic E-state index is 0.124. The van der Waals surface area contributed by atoms with Crippen molar-refractivity contribution in [1.29, 1.82) is 0 Å². The SMILES string of the molecule is O=C(CSC1c2ccccc2-c2ccccc21)NN=Cc1ccccc1F. The van der Waals surface area contributed by atoms with Gasteiger partial charge < -0.3 is 0 Å². The quantitative estimate of drug-likeness (QED) is 0.514. The van der Waals surface area contributed by atoms with E-state index in [4.69, 9.17) is 0 Å². The summed E-state index contributed by atoms with van der Waals surface area (Å²) in [5, 5.41) is 3.98. The highest BCUT2D eigenvalue weighted by atomic mass is 32.2. The largest absolute Gasteiger partial charge is 0.272 e. The molecule has 0 unspecified atom stereocenters. The monoisotopic (exact) mass is 376 g/mol. The lowest BCUT2D eigenvalue weighted by atomic mass is 10.1. The van der Waals surface area contributed by atoms with Gasteiger partial charge in [0.2, 0.25) is 5.91 Å². The maximum atomic E-state index is 13.5. The van der Waals surface area contributed by atoms with Crippen molar-refractivity contribution in [2.75, 3.05) is 5.75 Å². The molecule has 3 nitrogen and oxygen atoms in total. The third-order valence-corrected chi connectivity index (χ3v) is 5.73. The smallest absolute Gasteiger partial charge is 0.250 e. The summed E-state index contributed by atoms with van der Waals surface area (Å²) in [5.41, 5.74) is 7.72. The van der Waals surface area contributed by atoms with Crippen molar-refractivity contribution in [2.45, 2.75) is 5.25 Å². The number of hydrogen-bond acceptors (Lipinski definition) is 3. The van der Waals surface area contributed by atoms with Crippen LogP contribution in [0.5, 0.6) is 0 Å². The fourth-order valence-corrected chi connectivity index (χ4v) is 4.39. The molecule has 134 valence electrons. The average Bonchev–Trinajstić information content (AvgIpc) is 3.02. The van der Waals surface area contributed by atoms with Crippen molar-refractivity contribution in [1.82, 2.24) is 5.43 Å². The molecule has 5 heteroatoms. The molecule has 0 saturated heterocycles. The number of nitrogens with zero attached hydrogens (tertiary/aromatic N) is 1. The summed E-state index contributed by atoms with van der Waals surface area (Å²) >= 11 is 1.57. The second-order valence-electron chi connectivity index (χ2n) is 6.18. The summed E-state index contributed by atoms with van der Waals surface area (Å²) in [4.78, 5) is 12.2. The molecular weight excluding hydrogens is 359 g/mol. The molecule has 0 spiro atoms. The molecule has 1 N–H and O–H groups in total. The predicted octanol–water partition coefficient (Wildman–Crippen LogP) is 4.78. The van der Waals surface area contributed by atoms with Crippen LogP contribution >= 0.6 is 11.8 Å². The third kappa shape index (κ3) is 3.64. The van der Waals surface area contributed by atoms with Crippen LogP contribution in [-0.2, 0) is 4.79 Å². The Labute approximate surface area is 161 Å². The molecule has 27 heavy (non-hydrogen) atoms. The van der Waals surface area contributed by atoms with Crippen LogP contribution in [0.25, 0.3) is 11.1 Å². The molecule has 3 aromatic carbocycles. The molecule has 0 fully saturated rings. The molecule has 0 aromatic heterocycles. The number of nitrogens with one attached hydrogen (secondary N) is 1. The van der Waals surface area contributed by atoms with E-state index in [1.165, 1.54) is 34.5 Å². The van der Waals surface area contributed by atoms with Gasteiger partial charge in [0.15, 0.2) is 0 Å². The first-order valence-corrected chi connectivity index (χ1v) is 9.65. The molecule has 0 aliphatic heterocycles. The molecule has 0 bridgehead atoms. The summed E-state index contributed by atoms with van der Waals surface area (Å²) in [6, 6.07) is 22.9. The number of halogens is 1. The van der Waals surface area contributed by atoms with E-state index in [1.807, 2.05) is 24.3 Å². The highest BCUT2D eigenvalue weighted by molar-refractivity contribution is 8.00. The van der Waals surface area contributed by atoms with Crippen LogP contribution in [-0.4, -0.2) is 17.9 Å². The number of thioether (sulfide) groups is 1. The minimum Gasteiger partial charge on any atom is -0.272 e. The van der Waals surface area contributed by atoms with Crippen LogP contribution in [0, 0.1) is 5.82 Å². The molecule has 0 radical (unpaired) electrons. The lowest BCUT2D eigenvalue weighted by Gasteiger charge is -2.12. The highest BCUT2D eigenvalue weighted by Gasteiger charge is 2.28. The van der Waals surface area contributed by atoms with Crippen LogP contribution < -0.4 is 5.43 Å². The van der Waals surface area contributed by atoms with E-state index in [0.717, 1.165) is 0 Å². The summed E-state index contributed by atoms with van der Waals surface area (Å²) in [5.74, 6) is -0.319. The third-order valence-electron chi connectivity index (χ3n) is 4.46. The fourth-order valence-electron chi connectivity index (χ4n) is 3.23. The van der Waals surface area contributed by atoms with E-state index in [1.54, 1.807) is 30.0 Å². The molecule has 0 saturated carbocycles. The van der Waals surface area contributed by atoms with Crippen LogP contribution in [0.1, 0.15) is 21.9 Å². The zero-order chi connectivity index (χ0) is 18.6. The number of amides is 1. The summed E-state index contributed by atoms with van der Waals surface area (Å²) < 4.78 is 13.5. The number of benzene rings is 3. The zero-order valence-corrected chi connectivity index (χ0v) is 15.2. The Balaban J connectivity index is 1.42. The molecule has 0 heterocycles. The lowest BCUT2D eigenvalue weighted by molar-refractivity contribution is -0.118. The van der Waals surface area contributed by atoms with Gasteiger partial charge in [-0.2, -0.15) is 5.10 Å². The Morgan fingerprint density at radius 3 is 2.22 bits per heavy atom. The summed E-state index contributed by atoms with van der Waals surface area (Å²) in [6.07, 6.45) is 1.32. The molecule has 1 aliphatic rings. The second-order valence-corrected chi connectivity index (χ2v) is 7.27. The molecule has 3 aromatic rings. The van der Waals surface area contributed by atoms with Crippen LogP contribution in [0.4, 0.5) is 4.39 Å². The van der Waals surface area contributed by atoms with Gasteiger partial charge in [-0.05, 0) is 28.3 Å². The van der Waals surface area contributed by atoms with Gasteiger partial charge in [0.05, 0.1) is 17.2 Å². The Kier molecular flexibility index (Phi) is 5.03. The van der Waals surface area contributed by atoms with Crippen molar-refractivity contribution in [3.8, 4) is 11.1 Å². The maximum Gasteiger partial charge on any atom is 0.250 e. The minimum atomic E-state index is -0.371. The van der Waals surface area contributed by atoms with Gasteiger partial charge in [0.25, 0.3) is 0 Å². The second kappa shape index (κ2) is 7.76. The highest BCUT2D eigenvalue weighted by Crippen LogP contribution is 2.49. The molecule has 1 amide bonds. The summed E-state index contributed by atoms with van der Waals surface area (Å²) in [7, 11) is 0. The van der Waals surface area contributed by atoms with Gasteiger partial charge in [-0.1, -0.05) is 66.7 Å². The number of hydrazone groups is 1. The Bertz CT molecular complexity index is 973. The average molecular weight is 376 g/mol. The topological polar surface area (TPSA) is 41.5 Å². The molecule has 0 atom stereocenters. The van der Waals surface area contributed by atoms with Crippen molar-refractivity contribution in [3.63, 3.8) is 0 Å². The van der Waals surface area contributed by atoms with E-state index in [2.05, 4.69) is 34.8 Å². The standard InChI is InChI=1S/C22H17FN2OS/c23-20-12-6-1-7-15(20)13-24-25-21(26)14-27-22-18-10-4-2-8-16(18)17-9-3-5-11-19(17)22/h1-13,22H,14H2,(H,25,26). The number of carbonyl (C=O) groups excluding carboxylic acids is 1. The molecule has 4 rings (SSSR count). The van der Waals surface area contributed by atoms with Gasteiger partial charge in [0.1, 0.15) is 5.82 Å². The Hall–Kier alpha value is -2.92. The van der Waals surface area contributed by atoms with Gasteiger partial charge in [0, 0.05) is 5.56 Å². The van der Waals surface area contributed by atoms with Crippen molar-refractivity contribution < 1.29 is 9.18 Å². The zero-order valence-electron chi connectivity index (χ0n) is 14.4. The van der Waals surface area contributed by atoms with E-state index >= 15 is 0 Å². The van der Waals surface area contributed by atoms with Crippen molar-refractivity contribution >= 4 is 23.9 Å². The first-order chi connectivity index (χ1) is 13.2. The fraction of sp³-hybridized carbons (Fsp3) is 0.0909. The lowest BCUT2D eigenvalue weighted by Crippen LogP contribution is -2.20. The number of fused-ring (bicyclic) bond motifs is 3. The first kappa shape index (κ1) is 17.5. The predicted molar refractivity (Wildman–Crippen MR) is 108 cm³/mol. The first-order valence-electron chi connectivity index (χ1n) is 8.60. The van der Waals surface area contributed by atoms with Gasteiger partial charge in [-0.15, -0.1) is 11.8 Å². The van der Waals surface area contributed by atoms with E-state index in [0.29, 0.717) is 5.56 Å². The van der Waals surface area contributed by atoms with E-state index < -0.39 is 0 Å². The van der Waals surface area contributed by atoms with Crippen molar-refractivity contribution in [3.05, 3.63) is 95.3 Å². The van der Waals surface area contributed by atoms with Crippen LogP contribution in [0.15, 0.2) is 77.9 Å². The Morgan fingerprint density at radius 1 is 0.963 bits per heavy atom. The van der Waals surface area contributed by atoms with Crippen molar-refractivity contribution in [2.24, 2.45) is 5.10 Å². The number of carbonyl (C=O) groups is 1.